The van der Waals surface area contributed by atoms with Crippen molar-refractivity contribution in [2.75, 3.05) is 20.8 Å². The van der Waals surface area contributed by atoms with Gasteiger partial charge in [0, 0.05) is 35.8 Å². The van der Waals surface area contributed by atoms with Crippen LogP contribution in [-0.2, 0) is 11.3 Å². The van der Waals surface area contributed by atoms with Crippen molar-refractivity contribution in [1.82, 2.24) is 9.88 Å². The average Bonchev–Trinajstić information content (AvgIpc) is 3.00. The van der Waals surface area contributed by atoms with Gasteiger partial charge in [-0.15, -0.1) is 0 Å². The van der Waals surface area contributed by atoms with Gasteiger partial charge < -0.3 is 19.4 Å². The number of nitrogens with zero attached hydrogens (tertiary/aromatic N) is 1. The van der Waals surface area contributed by atoms with E-state index in [-0.39, 0.29) is 11.7 Å². The molecule has 0 bridgehead atoms. The van der Waals surface area contributed by atoms with Crippen molar-refractivity contribution in [1.29, 1.82) is 0 Å². The van der Waals surface area contributed by atoms with Crippen LogP contribution in [0.15, 0.2) is 48.5 Å². The molecule has 5 nitrogen and oxygen atoms in total. The van der Waals surface area contributed by atoms with Gasteiger partial charge in [-0.3, -0.25) is 4.79 Å². The van der Waals surface area contributed by atoms with Gasteiger partial charge in [0.2, 0.25) is 5.91 Å². The molecule has 0 spiro atoms. The summed E-state index contributed by atoms with van der Waals surface area (Å²) in [5.41, 5.74) is 2.81. The van der Waals surface area contributed by atoms with Crippen LogP contribution in [0.4, 0.5) is 4.39 Å². The number of aromatic nitrogens is 1. The number of nitrogens with one attached hydrogen (secondary N) is 1. The molecule has 1 aromatic heterocycles. The highest BCUT2D eigenvalue weighted by atomic mass is 19.1. The number of halogens is 1. The highest BCUT2D eigenvalue weighted by molar-refractivity contribution is 5.91. The fourth-order valence-corrected chi connectivity index (χ4v) is 3.15. The maximum Gasteiger partial charge on any atom is 0.244 e. The topological polar surface area (TPSA) is 52.5 Å². The van der Waals surface area contributed by atoms with Crippen LogP contribution in [-0.4, -0.2) is 31.2 Å². The van der Waals surface area contributed by atoms with Crippen molar-refractivity contribution in [3.8, 4) is 11.5 Å². The minimum atomic E-state index is -0.252. The van der Waals surface area contributed by atoms with E-state index in [1.54, 1.807) is 38.5 Å². The van der Waals surface area contributed by atoms with E-state index in [0.29, 0.717) is 24.6 Å². The molecule has 1 amide bonds. The van der Waals surface area contributed by atoms with Crippen molar-refractivity contribution < 1.29 is 18.7 Å². The normalized spacial score (nSPS) is 11.1. The lowest BCUT2D eigenvalue weighted by Crippen LogP contribution is -2.25. The predicted octanol–water partition coefficient (Wildman–Crippen LogP) is 3.94. The molecule has 0 unspecified atom stereocenters. The Morgan fingerprint density at radius 3 is 2.64 bits per heavy atom. The fraction of sp³-hybridized carbons (Fsp3) is 0.227. The minimum Gasteiger partial charge on any atom is -0.493 e. The maximum absolute atomic E-state index is 13.4. The van der Waals surface area contributed by atoms with E-state index < -0.39 is 0 Å². The monoisotopic (exact) mass is 382 g/mol. The van der Waals surface area contributed by atoms with E-state index in [0.717, 1.165) is 22.2 Å². The van der Waals surface area contributed by atoms with Crippen molar-refractivity contribution in [3.05, 3.63) is 65.6 Å². The number of carbonyl (C=O) groups excluding carboxylic acids is 1. The van der Waals surface area contributed by atoms with E-state index in [4.69, 9.17) is 9.47 Å². The summed E-state index contributed by atoms with van der Waals surface area (Å²) >= 11 is 0. The van der Waals surface area contributed by atoms with Gasteiger partial charge in [-0.25, -0.2) is 4.39 Å². The van der Waals surface area contributed by atoms with Crippen LogP contribution < -0.4 is 14.8 Å². The number of carbonyl (C=O) groups is 1. The number of aryl methyl sites for hydroxylation is 1. The van der Waals surface area contributed by atoms with Crippen LogP contribution >= 0.6 is 0 Å². The summed E-state index contributed by atoms with van der Waals surface area (Å²) in [6, 6.07) is 12.1. The summed E-state index contributed by atoms with van der Waals surface area (Å²) in [6.07, 6.45) is 3.20. The molecule has 0 fully saturated rings. The number of hydrogen-bond acceptors (Lipinski definition) is 3. The Kier molecular flexibility index (Phi) is 5.99. The van der Waals surface area contributed by atoms with E-state index in [9.17, 15) is 9.18 Å². The summed E-state index contributed by atoms with van der Waals surface area (Å²) in [7, 11) is 3.15. The molecular formula is C22H23FN2O3. The molecule has 0 aliphatic heterocycles. The molecule has 3 rings (SSSR count). The highest BCUT2D eigenvalue weighted by Crippen LogP contribution is 2.28. The van der Waals surface area contributed by atoms with Crippen LogP contribution in [0.5, 0.6) is 11.5 Å². The molecule has 28 heavy (non-hydrogen) atoms. The summed E-state index contributed by atoms with van der Waals surface area (Å²) in [5, 5.41) is 3.73. The van der Waals surface area contributed by atoms with E-state index >= 15 is 0 Å². The second-order valence-corrected chi connectivity index (χ2v) is 6.38. The van der Waals surface area contributed by atoms with Crippen molar-refractivity contribution in [2.24, 2.45) is 0 Å². The number of amides is 1. The second-order valence-electron chi connectivity index (χ2n) is 6.38. The minimum absolute atomic E-state index is 0.185. The molecule has 146 valence electrons. The second kappa shape index (κ2) is 8.61. The number of methoxy groups -OCH3 is 2. The van der Waals surface area contributed by atoms with Gasteiger partial charge in [-0.1, -0.05) is 6.07 Å². The SMILES string of the molecule is COc1ccc(/C=C/C(=O)NCCn2c(C)cc3cc(F)ccc32)cc1OC. The molecule has 0 aliphatic rings. The molecule has 0 aliphatic carbocycles. The average molecular weight is 382 g/mol. The molecule has 0 saturated heterocycles. The quantitative estimate of drug-likeness (QED) is 0.630. The van der Waals surface area contributed by atoms with Gasteiger partial charge >= 0.3 is 0 Å². The molecule has 3 aromatic rings. The lowest BCUT2D eigenvalue weighted by atomic mass is 10.2. The molecule has 0 atom stereocenters. The zero-order valence-electron chi connectivity index (χ0n) is 16.2. The zero-order chi connectivity index (χ0) is 20.1. The summed E-state index contributed by atoms with van der Waals surface area (Å²) in [6.45, 7) is 3.05. The van der Waals surface area contributed by atoms with Crippen molar-refractivity contribution in [2.45, 2.75) is 13.5 Å². The van der Waals surface area contributed by atoms with Crippen LogP contribution in [0.25, 0.3) is 17.0 Å². The van der Waals surface area contributed by atoms with Gasteiger partial charge in [0.05, 0.1) is 14.2 Å². The summed E-state index contributed by atoms with van der Waals surface area (Å²) < 4.78 is 25.9. The van der Waals surface area contributed by atoms with Gasteiger partial charge in [-0.05, 0) is 55.0 Å². The number of fused-ring (bicyclic) bond motifs is 1. The number of ether oxygens (including phenoxy) is 2. The first-order chi connectivity index (χ1) is 13.5. The fourth-order valence-electron chi connectivity index (χ4n) is 3.15. The zero-order valence-corrected chi connectivity index (χ0v) is 16.2. The summed E-state index contributed by atoms with van der Waals surface area (Å²) in [4.78, 5) is 12.1. The Morgan fingerprint density at radius 2 is 1.89 bits per heavy atom. The number of benzene rings is 2. The summed E-state index contributed by atoms with van der Waals surface area (Å²) in [5.74, 6) is 0.808. The third-order valence-corrected chi connectivity index (χ3v) is 4.54. The Balaban J connectivity index is 1.59. The van der Waals surface area contributed by atoms with Crippen LogP contribution in [0.1, 0.15) is 11.3 Å². The highest BCUT2D eigenvalue weighted by Gasteiger charge is 2.07. The lowest BCUT2D eigenvalue weighted by Gasteiger charge is -2.09. The molecular weight excluding hydrogens is 359 g/mol. The van der Waals surface area contributed by atoms with E-state index in [2.05, 4.69) is 9.88 Å². The van der Waals surface area contributed by atoms with E-state index in [1.165, 1.54) is 18.2 Å². The van der Waals surface area contributed by atoms with Gasteiger partial charge in [0.1, 0.15) is 5.82 Å². The third kappa shape index (κ3) is 4.34. The van der Waals surface area contributed by atoms with Crippen LogP contribution in [0.2, 0.25) is 0 Å². The maximum atomic E-state index is 13.4. The van der Waals surface area contributed by atoms with Gasteiger partial charge in [0.15, 0.2) is 11.5 Å². The number of hydrogen-bond donors (Lipinski definition) is 1. The molecule has 2 aromatic carbocycles. The van der Waals surface area contributed by atoms with Crippen LogP contribution in [0, 0.1) is 12.7 Å². The van der Waals surface area contributed by atoms with Crippen LogP contribution in [0.3, 0.4) is 0 Å². The first-order valence-electron chi connectivity index (χ1n) is 8.95. The molecule has 6 heteroatoms. The smallest absolute Gasteiger partial charge is 0.244 e. The van der Waals surface area contributed by atoms with E-state index in [1.807, 2.05) is 19.1 Å². The Hall–Kier alpha value is -3.28. The number of rotatable bonds is 7. The molecule has 0 saturated carbocycles. The van der Waals surface area contributed by atoms with Crippen molar-refractivity contribution >= 4 is 22.9 Å². The largest absolute Gasteiger partial charge is 0.493 e. The first-order valence-corrected chi connectivity index (χ1v) is 8.95. The standard InChI is InChI=1S/C22H23FN2O3/c1-15-12-17-14-18(23)6-7-19(17)25(15)11-10-24-22(26)9-5-16-4-8-20(27-2)21(13-16)28-3/h4-9,12-14H,10-11H2,1-3H3,(H,24,26)/b9-5+. The molecule has 0 radical (unpaired) electrons. The third-order valence-electron chi connectivity index (χ3n) is 4.54. The Bertz CT molecular complexity index is 1020. The molecule has 1 heterocycles. The van der Waals surface area contributed by atoms with Gasteiger partial charge in [-0.2, -0.15) is 0 Å². The Morgan fingerprint density at radius 1 is 1.11 bits per heavy atom. The molecule has 1 N–H and O–H groups in total. The Labute approximate surface area is 163 Å². The first kappa shape index (κ1) is 19.5. The lowest BCUT2D eigenvalue weighted by molar-refractivity contribution is -0.116. The van der Waals surface area contributed by atoms with Crippen molar-refractivity contribution in [3.63, 3.8) is 0 Å². The predicted molar refractivity (Wildman–Crippen MR) is 108 cm³/mol. The van der Waals surface area contributed by atoms with Gasteiger partial charge in [0.25, 0.3) is 0 Å².